The largest absolute Gasteiger partial charge is 0.0654 e. The topological polar surface area (TPSA) is 0 Å². The van der Waals surface area contributed by atoms with Crippen molar-refractivity contribution in [3.05, 3.63) is 82.9 Å². The molecule has 0 N–H and O–H groups in total. The summed E-state index contributed by atoms with van der Waals surface area (Å²) in [6.45, 7) is 9.05. The first-order valence-corrected chi connectivity index (χ1v) is 11.4. The monoisotopic (exact) mass is 384 g/mol. The van der Waals surface area contributed by atoms with Crippen molar-refractivity contribution in [1.29, 1.82) is 0 Å². The summed E-state index contributed by atoms with van der Waals surface area (Å²) in [6, 6.07) is 22.4. The molecule has 0 nitrogen and oxygen atoms in total. The molecule has 0 bridgehead atoms. The molecule has 0 aliphatic carbocycles. The van der Waals surface area contributed by atoms with Crippen molar-refractivity contribution in [1.82, 2.24) is 0 Å². The van der Waals surface area contributed by atoms with Crippen LogP contribution in [0.5, 0.6) is 0 Å². The van der Waals surface area contributed by atoms with Gasteiger partial charge in [-0.1, -0.05) is 99.7 Å². The lowest BCUT2D eigenvalue weighted by atomic mass is 9.87. The van der Waals surface area contributed by atoms with E-state index < -0.39 is 0 Å². The highest BCUT2D eigenvalue weighted by Gasteiger charge is 2.13. The molecule has 152 valence electrons. The normalized spacial score (nSPS) is 11.0. The predicted octanol–water partition coefficient (Wildman–Crippen LogP) is 8.85. The summed E-state index contributed by atoms with van der Waals surface area (Å²) in [5.41, 5.74) is 11.1. The van der Waals surface area contributed by atoms with Gasteiger partial charge in [-0.15, -0.1) is 0 Å². The SMILES string of the molecule is CCCCCCCCc1ccccc1-c1ccc(-c2ccccc2C)c(C)c1C. The molecular weight excluding hydrogens is 348 g/mol. The molecule has 0 heteroatoms. The zero-order chi connectivity index (χ0) is 20.6. The summed E-state index contributed by atoms with van der Waals surface area (Å²) in [5, 5.41) is 0. The summed E-state index contributed by atoms with van der Waals surface area (Å²) in [5.74, 6) is 0. The number of hydrogen-bond acceptors (Lipinski definition) is 0. The Labute approximate surface area is 178 Å². The lowest BCUT2D eigenvalue weighted by Crippen LogP contribution is -1.96. The first-order chi connectivity index (χ1) is 14.1. The fourth-order valence-electron chi connectivity index (χ4n) is 4.38. The molecule has 0 amide bonds. The van der Waals surface area contributed by atoms with Gasteiger partial charge in [-0.05, 0) is 78.1 Å². The highest BCUT2D eigenvalue weighted by Crippen LogP contribution is 2.35. The Hall–Kier alpha value is -2.34. The second kappa shape index (κ2) is 10.4. The summed E-state index contributed by atoms with van der Waals surface area (Å²) < 4.78 is 0. The van der Waals surface area contributed by atoms with Gasteiger partial charge in [-0.3, -0.25) is 0 Å². The Kier molecular flexibility index (Phi) is 7.69. The van der Waals surface area contributed by atoms with E-state index in [9.17, 15) is 0 Å². The van der Waals surface area contributed by atoms with Crippen LogP contribution in [-0.4, -0.2) is 0 Å². The van der Waals surface area contributed by atoms with Gasteiger partial charge in [-0.2, -0.15) is 0 Å². The average molecular weight is 385 g/mol. The maximum atomic E-state index is 2.34. The van der Waals surface area contributed by atoms with Crippen LogP contribution < -0.4 is 0 Å². The number of rotatable bonds is 9. The fourth-order valence-corrected chi connectivity index (χ4v) is 4.38. The Bertz CT molecular complexity index is 933. The van der Waals surface area contributed by atoms with E-state index in [1.165, 1.54) is 89.5 Å². The minimum Gasteiger partial charge on any atom is -0.0654 e. The van der Waals surface area contributed by atoms with Crippen molar-refractivity contribution in [2.24, 2.45) is 0 Å². The lowest BCUT2D eigenvalue weighted by molar-refractivity contribution is 0.608. The van der Waals surface area contributed by atoms with Crippen LogP contribution in [0.1, 0.15) is 67.7 Å². The molecule has 0 fully saturated rings. The molecule has 0 aliphatic rings. The molecule has 0 heterocycles. The quantitative estimate of drug-likeness (QED) is 0.323. The molecule has 29 heavy (non-hydrogen) atoms. The molecule has 3 rings (SSSR count). The molecule has 0 saturated carbocycles. The van der Waals surface area contributed by atoms with E-state index >= 15 is 0 Å². The van der Waals surface area contributed by atoms with E-state index in [2.05, 4.69) is 88.4 Å². The van der Waals surface area contributed by atoms with Crippen LogP contribution in [0.2, 0.25) is 0 Å². The second-order valence-corrected chi connectivity index (χ2v) is 8.40. The van der Waals surface area contributed by atoms with Gasteiger partial charge in [0.2, 0.25) is 0 Å². The lowest BCUT2D eigenvalue weighted by Gasteiger charge is -2.17. The van der Waals surface area contributed by atoms with Crippen LogP contribution >= 0.6 is 0 Å². The molecule has 0 aromatic heterocycles. The number of hydrogen-bond donors (Lipinski definition) is 0. The maximum absolute atomic E-state index is 2.34. The first kappa shape index (κ1) is 21.4. The van der Waals surface area contributed by atoms with Gasteiger partial charge in [-0.25, -0.2) is 0 Å². The molecule has 0 spiro atoms. The highest BCUT2D eigenvalue weighted by atomic mass is 14.2. The average Bonchev–Trinajstić information content (AvgIpc) is 2.74. The molecule has 3 aromatic carbocycles. The highest BCUT2D eigenvalue weighted by molar-refractivity contribution is 5.79. The third kappa shape index (κ3) is 5.18. The van der Waals surface area contributed by atoms with E-state index in [0.717, 1.165) is 0 Å². The Morgan fingerprint density at radius 1 is 0.517 bits per heavy atom. The van der Waals surface area contributed by atoms with Crippen molar-refractivity contribution >= 4 is 0 Å². The smallest absolute Gasteiger partial charge is 0.0149 e. The van der Waals surface area contributed by atoms with E-state index in [-0.39, 0.29) is 0 Å². The number of aryl methyl sites for hydroxylation is 2. The second-order valence-electron chi connectivity index (χ2n) is 8.40. The standard InChI is InChI=1S/C29H36/c1-5-6-7-8-9-10-16-25-17-12-14-19-29(25)28-21-20-27(23(3)24(28)4)26-18-13-11-15-22(26)2/h11-15,17-21H,5-10,16H2,1-4H3. The van der Waals surface area contributed by atoms with Crippen molar-refractivity contribution in [3.8, 4) is 22.3 Å². The predicted molar refractivity (Wildman–Crippen MR) is 129 cm³/mol. The summed E-state index contributed by atoms with van der Waals surface area (Å²) in [6.07, 6.45) is 9.28. The zero-order valence-electron chi connectivity index (χ0n) is 18.7. The minimum absolute atomic E-state index is 1.18. The Morgan fingerprint density at radius 3 is 1.76 bits per heavy atom. The van der Waals surface area contributed by atoms with Crippen LogP contribution in [0.4, 0.5) is 0 Å². The Balaban J connectivity index is 1.84. The van der Waals surface area contributed by atoms with Gasteiger partial charge in [0, 0.05) is 0 Å². The van der Waals surface area contributed by atoms with Crippen LogP contribution in [-0.2, 0) is 6.42 Å². The van der Waals surface area contributed by atoms with Crippen molar-refractivity contribution in [2.45, 2.75) is 72.6 Å². The summed E-state index contributed by atoms with van der Waals surface area (Å²) in [7, 11) is 0. The van der Waals surface area contributed by atoms with Crippen LogP contribution in [0.15, 0.2) is 60.7 Å². The van der Waals surface area contributed by atoms with Crippen molar-refractivity contribution < 1.29 is 0 Å². The molecule has 0 aliphatic heterocycles. The minimum atomic E-state index is 1.18. The van der Waals surface area contributed by atoms with Gasteiger partial charge in [0.05, 0.1) is 0 Å². The molecule has 3 aromatic rings. The maximum Gasteiger partial charge on any atom is -0.0149 e. The van der Waals surface area contributed by atoms with Gasteiger partial charge < -0.3 is 0 Å². The van der Waals surface area contributed by atoms with Crippen LogP contribution in [0.25, 0.3) is 22.3 Å². The van der Waals surface area contributed by atoms with Gasteiger partial charge >= 0.3 is 0 Å². The molecule has 0 radical (unpaired) electrons. The third-order valence-electron chi connectivity index (χ3n) is 6.33. The first-order valence-electron chi connectivity index (χ1n) is 11.4. The summed E-state index contributed by atoms with van der Waals surface area (Å²) in [4.78, 5) is 0. The number of benzene rings is 3. The van der Waals surface area contributed by atoms with Gasteiger partial charge in [0.25, 0.3) is 0 Å². The van der Waals surface area contributed by atoms with Crippen molar-refractivity contribution in [3.63, 3.8) is 0 Å². The molecule has 0 atom stereocenters. The third-order valence-corrected chi connectivity index (χ3v) is 6.33. The van der Waals surface area contributed by atoms with E-state index in [4.69, 9.17) is 0 Å². The van der Waals surface area contributed by atoms with E-state index in [1.54, 1.807) is 0 Å². The molecular formula is C29H36. The molecule has 0 saturated heterocycles. The van der Waals surface area contributed by atoms with Crippen LogP contribution in [0, 0.1) is 20.8 Å². The van der Waals surface area contributed by atoms with Gasteiger partial charge in [0.1, 0.15) is 0 Å². The fraction of sp³-hybridized carbons (Fsp3) is 0.379. The van der Waals surface area contributed by atoms with Gasteiger partial charge in [0.15, 0.2) is 0 Å². The van der Waals surface area contributed by atoms with Crippen LogP contribution in [0.3, 0.4) is 0 Å². The number of unbranched alkanes of at least 4 members (excludes halogenated alkanes) is 5. The van der Waals surface area contributed by atoms with E-state index in [1.807, 2.05) is 0 Å². The van der Waals surface area contributed by atoms with E-state index in [0.29, 0.717) is 0 Å². The van der Waals surface area contributed by atoms with Crippen molar-refractivity contribution in [2.75, 3.05) is 0 Å². The molecule has 0 unspecified atom stereocenters. The summed E-state index contributed by atoms with van der Waals surface area (Å²) >= 11 is 0. The Morgan fingerprint density at radius 2 is 1.07 bits per heavy atom. The zero-order valence-corrected chi connectivity index (χ0v) is 18.7.